The Hall–Kier alpha value is -2.87. The van der Waals surface area contributed by atoms with Crippen molar-refractivity contribution in [2.24, 2.45) is 11.8 Å². The van der Waals surface area contributed by atoms with Gasteiger partial charge >= 0.3 is 0 Å². The molecule has 6 nitrogen and oxygen atoms in total. The van der Waals surface area contributed by atoms with Crippen molar-refractivity contribution in [1.29, 1.82) is 0 Å². The summed E-state index contributed by atoms with van der Waals surface area (Å²) in [5.41, 5.74) is 2.06. The lowest BCUT2D eigenvalue weighted by Gasteiger charge is -2.35. The second kappa shape index (κ2) is 9.73. The fourth-order valence-electron chi connectivity index (χ4n) is 4.31. The van der Waals surface area contributed by atoms with E-state index in [-0.39, 0.29) is 24.1 Å². The van der Waals surface area contributed by atoms with Crippen LogP contribution in [0.25, 0.3) is 11.0 Å². The first-order valence-corrected chi connectivity index (χ1v) is 11.8. The standard InChI is InChI=1S/C24H27FN4O2S/c1-16-10-17(2)13-28(12-16)23(31)14-29-21-9-4-3-8-20(21)27-24(29)32-15-22(30)26-19-7-5-6-18(25)11-19/h3-9,11,16-17H,10,12-15H2,1-2H3,(H,26,30)/t16-,17-/m0/s1. The van der Waals surface area contributed by atoms with Gasteiger partial charge in [0, 0.05) is 18.8 Å². The van der Waals surface area contributed by atoms with E-state index in [9.17, 15) is 14.0 Å². The highest BCUT2D eigenvalue weighted by atomic mass is 32.2. The van der Waals surface area contributed by atoms with Gasteiger partial charge in [0.1, 0.15) is 12.4 Å². The van der Waals surface area contributed by atoms with Crippen molar-refractivity contribution < 1.29 is 14.0 Å². The van der Waals surface area contributed by atoms with Gasteiger partial charge in [-0.05, 0) is 48.6 Å². The number of halogens is 1. The number of piperidine rings is 1. The van der Waals surface area contributed by atoms with E-state index in [1.807, 2.05) is 33.7 Å². The quantitative estimate of drug-likeness (QED) is 0.560. The molecule has 0 saturated carbocycles. The summed E-state index contributed by atoms with van der Waals surface area (Å²) in [5.74, 6) is 0.482. The van der Waals surface area contributed by atoms with E-state index in [1.165, 1.54) is 23.9 Å². The number of benzene rings is 2. The number of thioether (sulfide) groups is 1. The molecule has 32 heavy (non-hydrogen) atoms. The molecule has 8 heteroatoms. The molecular formula is C24H27FN4O2S. The monoisotopic (exact) mass is 454 g/mol. The molecule has 0 unspecified atom stereocenters. The molecule has 1 aromatic heterocycles. The number of rotatable bonds is 6. The van der Waals surface area contributed by atoms with Crippen LogP contribution in [0.15, 0.2) is 53.7 Å². The Bertz CT molecular complexity index is 1120. The van der Waals surface area contributed by atoms with Crippen molar-refractivity contribution in [3.05, 3.63) is 54.3 Å². The maximum absolute atomic E-state index is 13.4. The average Bonchev–Trinajstić information content (AvgIpc) is 3.09. The fourth-order valence-corrected chi connectivity index (χ4v) is 5.13. The molecule has 3 aromatic rings. The number of imidazole rings is 1. The van der Waals surface area contributed by atoms with E-state index in [4.69, 9.17) is 0 Å². The predicted octanol–water partition coefficient (Wildman–Crippen LogP) is 4.41. The number of amides is 2. The van der Waals surface area contributed by atoms with Crippen LogP contribution >= 0.6 is 11.8 Å². The third kappa shape index (κ3) is 5.30. The van der Waals surface area contributed by atoms with Gasteiger partial charge in [0.15, 0.2) is 5.16 Å². The van der Waals surface area contributed by atoms with E-state index in [1.54, 1.807) is 12.1 Å². The zero-order valence-corrected chi connectivity index (χ0v) is 19.1. The smallest absolute Gasteiger partial charge is 0.242 e. The number of nitrogens with zero attached hydrogens (tertiary/aromatic N) is 3. The molecule has 2 amide bonds. The van der Waals surface area contributed by atoms with E-state index >= 15 is 0 Å². The zero-order valence-electron chi connectivity index (χ0n) is 18.3. The van der Waals surface area contributed by atoms with E-state index in [0.29, 0.717) is 22.7 Å². The van der Waals surface area contributed by atoms with Gasteiger partial charge in [-0.3, -0.25) is 9.59 Å². The molecule has 2 heterocycles. The van der Waals surface area contributed by atoms with Gasteiger partial charge in [0.05, 0.1) is 16.8 Å². The number of nitrogens with one attached hydrogen (secondary N) is 1. The second-order valence-corrected chi connectivity index (χ2v) is 9.50. The van der Waals surface area contributed by atoms with Crippen LogP contribution in [0.5, 0.6) is 0 Å². The molecule has 1 saturated heterocycles. The van der Waals surface area contributed by atoms with Crippen LogP contribution in [0, 0.1) is 17.7 Å². The highest BCUT2D eigenvalue weighted by Gasteiger charge is 2.26. The van der Waals surface area contributed by atoms with Crippen LogP contribution in [0.4, 0.5) is 10.1 Å². The van der Waals surface area contributed by atoms with Crippen LogP contribution in [0.2, 0.25) is 0 Å². The average molecular weight is 455 g/mol. The van der Waals surface area contributed by atoms with E-state index < -0.39 is 5.82 Å². The topological polar surface area (TPSA) is 67.2 Å². The number of anilines is 1. The fraction of sp³-hybridized carbons (Fsp3) is 0.375. The predicted molar refractivity (Wildman–Crippen MR) is 125 cm³/mol. The summed E-state index contributed by atoms with van der Waals surface area (Å²) in [5, 5.41) is 3.31. The summed E-state index contributed by atoms with van der Waals surface area (Å²) < 4.78 is 15.2. The van der Waals surface area contributed by atoms with Gasteiger partial charge in [-0.15, -0.1) is 0 Å². The van der Waals surface area contributed by atoms with Gasteiger partial charge in [-0.25, -0.2) is 9.37 Å². The number of likely N-dealkylation sites (tertiary alicyclic amines) is 1. The molecule has 1 aliphatic heterocycles. The van der Waals surface area contributed by atoms with Crippen LogP contribution < -0.4 is 5.32 Å². The minimum Gasteiger partial charge on any atom is -0.341 e. The van der Waals surface area contributed by atoms with Gasteiger partial charge < -0.3 is 14.8 Å². The third-order valence-corrected chi connectivity index (χ3v) is 6.55. The van der Waals surface area contributed by atoms with Crippen LogP contribution in [0.3, 0.4) is 0 Å². The summed E-state index contributed by atoms with van der Waals surface area (Å²) in [4.78, 5) is 32.1. The molecule has 168 valence electrons. The summed E-state index contributed by atoms with van der Waals surface area (Å²) >= 11 is 1.27. The van der Waals surface area contributed by atoms with E-state index in [0.717, 1.165) is 30.5 Å². The molecule has 1 N–H and O–H groups in total. The van der Waals surface area contributed by atoms with Gasteiger partial charge in [0.2, 0.25) is 11.8 Å². The number of hydrogen-bond acceptors (Lipinski definition) is 4. The Kier molecular flexibility index (Phi) is 6.79. The Morgan fingerprint density at radius 1 is 1.12 bits per heavy atom. The van der Waals surface area contributed by atoms with Crippen molar-refractivity contribution >= 4 is 40.3 Å². The zero-order chi connectivity index (χ0) is 22.7. The maximum atomic E-state index is 13.4. The van der Waals surface area contributed by atoms with Crippen molar-refractivity contribution in [3.63, 3.8) is 0 Å². The Morgan fingerprint density at radius 3 is 2.62 bits per heavy atom. The lowest BCUT2D eigenvalue weighted by molar-refractivity contribution is -0.134. The Labute approximate surface area is 191 Å². The lowest BCUT2D eigenvalue weighted by Crippen LogP contribution is -2.44. The first-order valence-electron chi connectivity index (χ1n) is 10.8. The minimum absolute atomic E-state index is 0.0672. The number of carbonyl (C=O) groups excluding carboxylic acids is 2. The molecule has 0 spiro atoms. The van der Waals surface area contributed by atoms with Crippen molar-refractivity contribution in [1.82, 2.24) is 14.5 Å². The summed E-state index contributed by atoms with van der Waals surface area (Å²) in [6, 6.07) is 13.4. The summed E-state index contributed by atoms with van der Waals surface area (Å²) in [6.45, 7) is 6.10. The molecule has 2 atom stereocenters. The normalized spacial score (nSPS) is 18.7. The van der Waals surface area contributed by atoms with Crippen LogP contribution in [-0.2, 0) is 16.1 Å². The van der Waals surface area contributed by atoms with Crippen LogP contribution in [0.1, 0.15) is 20.3 Å². The highest BCUT2D eigenvalue weighted by Crippen LogP contribution is 2.26. The molecule has 0 bridgehead atoms. The molecule has 0 radical (unpaired) electrons. The Balaban J connectivity index is 1.49. The molecule has 1 fully saturated rings. The van der Waals surface area contributed by atoms with Gasteiger partial charge in [0.25, 0.3) is 0 Å². The number of aromatic nitrogens is 2. The molecule has 0 aliphatic carbocycles. The molecule has 1 aliphatic rings. The number of fused-ring (bicyclic) bond motifs is 1. The maximum Gasteiger partial charge on any atom is 0.242 e. The Morgan fingerprint density at radius 2 is 1.88 bits per heavy atom. The van der Waals surface area contributed by atoms with E-state index in [2.05, 4.69) is 24.1 Å². The van der Waals surface area contributed by atoms with Crippen LogP contribution in [-0.4, -0.2) is 45.1 Å². The summed E-state index contributed by atoms with van der Waals surface area (Å²) in [7, 11) is 0. The third-order valence-electron chi connectivity index (χ3n) is 5.58. The van der Waals surface area contributed by atoms with Crippen molar-refractivity contribution in [2.75, 3.05) is 24.2 Å². The SMILES string of the molecule is C[C@H]1C[C@H](C)CN(C(=O)Cn2c(SCC(=O)Nc3cccc(F)c3)nc3ccccc32)C1. The minimum atomic E-state index is -0.405. The number of para-hydroxylation sites is 2. The first-order chi connectivity index (χ1) is 15.4. The number of hydrogen-bond donors (Lipinski definition) is 1. The molecule has 2 aromatic carbocycles. The van der Waals surface area contributed by atoms with Gasteiger partial charge in [-0.1, -0.05) is 43.8 Å². The molecule has 4 rings (SSSR count). The van der Waals surface area contributed by atoms with Crippen molar-refractivity contribution in [2.45, 2.75) is 32.0 Å². The number of carbonyl (C=O) groups is 2. The largest absolute Gasteiger partial charge is 0.341 e. The highest BCUT2D eigenvalue weighted by molar-refractivity contribution is 7.99. The lowest BCUT2D eigenvalue weighted by atomic mass is 9.92. The first kappa shape index (κ1) is 22.3. The van der Waals surface area contributed by atoms with Gasteiger partial charge in [-0.2, -0.15) is 0 Å². The molecular weight excluding hydrogens is 427 g/mol. The van der Waals surface area contributed by atoms with Crippen molar-refractivity contribution in [3.8, 4) is 0 Å². The second-order valence-electron chi connectivity index (χ2n) is 8.56. The summed E-state index contributed by atoms with van der Waals surface area (Å²) in [6.07, 6.45) is 1.14.